The van der Waals surface area contributed by atoms with Crippen LogP contribution in [0.15, 0.2) is 30.6 Å². The minimum Gasteiger partial charge on any atom is -0.351 e. The Bertz CT molecular complexity index is 800. The molecule has 2 fully saturated rings. The zero-order valence-electron chi connectivity index (χ0n) is 17.6. The van der Waals surface area contributed by atoms with Crippen LogP contribution in [0.5, 0.6) is 0 Å². The molecule has 0 bridgehead atoms. The van der Waals surface area contributed by atoms with Gasteiger partial charge in [-0.3, -0.25) is 14.6 Å². The molecule has 2 atom stereocenters. The van der Waals surface area contributed by atoms with Crippen molar-refractivity contribution in [2.45, 2.75) is 51.6 Å². The molecule has 1 aromatic heterocycles. The van der Waals surface area contributed by atoms with Crippen molar-refractivity contribution in [1.29, 1.82) is 0 Å². The van der Waals surface area contributed by atoms with E-state index in [1.165, 1.54) is 0 Å². The Hall–Kier alpha value is -2.21. The highest BCUT2D eigenvalue weighted by molar-refractivity contribution is 5.86. The van der Waals surface area contributed by atoms with Gasteiger partial charge < -0.3 is 15.1 Å². The van der Waals surface area contributed by atoms with Crippen molar-refractivity contribution in [2.75, 3.05) is 26.7 Å². The maximum absolute atomic E-state index is 13.5. The number of fused-ring (bicyclic) bond motifs is 1. The number of aromatic nitrogens is 1. The van der Waals surface area contributed by atoms with Crippen LogP contribution in [0.2, 0.25) is 0 Å². The van der Waals surface area contributed by atoms with Crippen molar-refractivity contribution in [2.24, 2.45) is 11.3 Å². The van der Waals surface area contributed by atoms with Crippen LogP contribution in [0.4, 0.5) is 0 Å². The number of pyridine rings is 1. The first-order valence-electron chi connectivity index (χ1n) is 10.8. The molecule has 1 N–H and O–H groups in total. The molecule has 6 nitrogen and oxygen atoms in total. The highest BCUT2D eigenvalue weighted by Crippen LogP contribution is 2.43. The van der Waals surface area contributed by atoms with Crippen LogP contribution in [0.25, 0.3) is 0 Å². The van der Waals surface area contributed by atoms with Crippen molar-refractivity contribution < 1.29 is 9.59 Å². The lowest BCUT2D eigenvalue weighted by Gasteiger charge is -2.53. The zero-order valence-corrected chi connectivity index (χ0v) is 17.6. The Morgan fingerprint density at radius 2 is 2.03 bits per heavy atom. The second-order valence-electron chi connectivity index (χ2n) is 8.94. The predicted octanol–water partition coefficient (Wildman–Crippen LogP) is 2.29. The molecule has 0 unspecified atom stereocenters. The van der Waals surface area contributed by atoms with Crippen molar-refractivity contribution >= 4 is 11.8 Å². The average Bonchev–Trinajstić information content (AvgIpc) is 3.27. The first-order chi connectivity index (χ1) is 14.0. The third-order valence-corrected chi connectivity index (χ3v) is 7.13. The minimum atomic E-state index is -0.479. The number of nitrogens with one attached hydrogen (secondary N) is 1. The van der Waals surface area contributed by atoms with E-state index in [0.29, 0.717) is 6.54 Å². The molecule has 2 saturated heterocycles. The summed E-state index contributed by atoms with van der Waals surface area (Å²) in [6.45, 7) is 4.96. The van der Waals surface area contributed by atoms with Gasteiger partial charge in [-0.1, -0.05) is 12.2 Å². The largest absolute Gasteiger partial charge is 0.351 e. The van der Waals surface area contributed by atoms with Gasteiger partial charge in [-0.15, -0.1) is 0 Å². The summed E-state index contributed by atoms with van der Waals surface area (Å²) in [5, 5.41) is 3.21. The van der Waals surface area contributed by atoms with Gasteiger partial charge in [0.1, 0.15) is 0 Å². The Morgan fingerprint density at radius 3 is 2.79 bits per heavy atom. The summed E-state index contributed by atoms with van der Waals surface area (Å²) in [6.07, 6.45) is 12.0. The van der Waals surface area contributed by atoms with Crippen LogP contribution >= 0.6 is 0 Å². The minimum absolute atomic E-state index is 0.0402. The molecule has 1 aromatic rings. The van der Waals surface area contributed by atoms with Crippen LogP contribution in [0.3, 0.4) is 0 Å². The van der Waals surface area contributed by atoms with Crippen LogP contribution < -0.4 is 5.32 Å². The van der Waals surface area contributed by atoms with E-state index in [-0.39, 0.29) is 23.8 Å². The molecule has 0 radical (unpaired) electrons. The third kappa shape index (κ3) is 3.82. The van der Waals surface area contributed by atoms with E-state index in [4.69, 9.17) is 0 Å². The number of hydrogen-bond donors (Lipinski definition) is 1. The van der Waals surface area contributed by atoms with E-state index >= 15 is 0 Å². The zero-order chi connectivity index (χ0) is 20.4. The summed E-state index contributed by atoms with van der Waals surface area (Å²) in [6, 6.07) is 1.92. The quantitative estimate of drug-likeness (QED) is 0.793. The lowest BCUT2D eigenvalue weighted by Crippen LogP contribution is -2.66. The molecule has 156 valence electrons. The van der Waals surface area contributed by atoms with Gasteiger partial charge in [0.25, 0.3) is 0 Å². The van der Waals surface area contributed by atoms with E-state index in [1.807, 2.05) is 24.1 Å². The van der Waals surface area contributed by atoms with Gasteiger partial charge in [0.15, 0.2) is 0 Å². The average molecular weight is 397 g/mol. The Labute approximate surface area is 173 Å². The first-order valence-corrected chi connectivity index (χ1v) is 10.8. The van der Waals surface area contributed by atoms with Gasteiger partial charge in [-0.2, -0.15) is 0 Å². The summed E-state index contributed by atoms with van der Waals surface area (Å²) < 4.78 is 0. The van der Waals surface area contributed by atoms with Crippen LogP contribution in [-0.2, 0) is 16.1 Å². The lowest BCUT2D eigenvalue weighted by molar-refractivity contribution is -0.156. The molecule has 6 heteroatoms. The lowest BCUT2D eigenvalue weighted by atomic mass is 9.67. The normalized spacial score (nSPS) is 27.7. The van der Waals surface area contributed by atoms with E-state index in [0.717, 1.165) is 62.9 Å². The molecule has 0 spiro atoms. The molecule has 2 amide bonds. The molecule has 1 aliphatic carbocycles. The van der Waals surface area contributed by atoms with Gasteiger partial charge in [0.05, 0.1) is 11.5 Å². The maximum atomic E-state index is 13.5. The number of hydrogen-bond acceptors (Lipinski definition) is 4. The van der Waals surface area contributed by atoms with Gasteiger partial charge in [-0.25, -0.2) is 0 Å². The molecule has 0 aromatic carbocycles. The van der Waals surface area contributed by atoms with Crippen molar-refractivity contribution in [3.05, 3.63) is 41.7 Å². The smallest absolute Gasteiger partial charge is 0.228 e. The van der Waals surface area contributed by atoms with Gasteiger partial charge >= 0.3 is 0 Å². The number of aryl methyl sites for hydroxylation is 1. The molecule has 0 saturated carbocycles. The van der Waals surface area contributed by atoms with E-state index < -0.39 is 5.41 Å². The van der Waals surface area contributed by atoms with E-state index in [1.54, 1.807) is 6.20 Å². The molecule has 3 heterocycles. The number of allylic oxidation sites excluding steroid dienone is 2. The summed E-state index contributed by atoms with van der Waals surface area (Å²) in [5.74, 6) is 0.395. The second-order valence-corrected chi connectivity index (χ2v) is 8.94. The monoisotopic (exact) mass is 396 g/mol. The Morgan fingerprint density at radius 1 is 1.24 bits per heavy atom. The topological polar surface area (TPSA) is 65.5 Å². The fourth-order valence-corrected chi connectivity index (χ4v) is 5.27. The first kappa shape index (κ1) is 20.1. The second kappa shape index (κ2) is 8.27. The molecular formula is C23H32N4O2. The number of carbonyl (C=O) groups is 2. The van der Waals surface area contributed by atoms with Crippen molar-refractivity contribution in [3.8, 4) is 0 Å². The number of rotatable bonds is 4. The molecule has 4 rings (SSSR count). The standard InChI is InChI=1S/C23H32N4O2/c1-17-14-24-11-8-19(17)15-25-22(29)23-9-5-12-27(20(23)16-26(2)13-10-23)21(28)18-6-3-4-7-18/h3-4,8,11,14,18,20H,5-7,9-10,12-13,15-16H2,1-2H3,(H,25,29)/t20-,23+/m0/s1. The summed E-state index contributed by atoms with van der Waals surface area (Å²) >= 11 is 0. The molecule has 2 aliphatic heterocycles. The third-order valence-electron chi connectivity index (χ3n) is 7.13. The highest BCUT2D eigenvalue weighted by Gasteiger charge is 2.53. The SMILES string of the molecule is Cc1cnccc1CNC(=O)[C@@]12CCCN(C(=O)C3CC=CC3)[C@H]1CN(C)CC2. The van der Waals surface area contributed by atoms with Crippen molar-refractivity contribution in [1.82, 2.24) is 20.1 Å². The Balaban J connectivity index is 1.54. The van der Waals surface area contributed by atoms with Gasteiger partial charge in [0, 0.05) is 37.9 Å². The van der Waals surface area contributed by atoms with E-state index in [9.17, 15) is 9.59 Å². The number of nitrogens with zero attached hydrogens (tertiary/aromatic N) is 3. The fourth-order valence-electron chi connectivity index (χ4n) is 5.27. The summed E-state index contributed by atoms with van der Waals surface area (Å²) in [4.78, 5) is 35.3. The van der Waals surface area contributed by atoms with Crippen LogP contribution in [0.1, 0.15) is 43.2 Å². The van der Waals surface area contributed by atoms with E-state index in [2.05, 4.69) is 34.4 Å². The fraction of sp³-hybridized carbons (Fsp3) is 0.609. The van der Waals surface area contributed by atoms with Crippen molar-refractivity contribution in [3.63, 3.8) is 0 Å². The summed E-state index contributed by atoms with van der Waals surface area (Å²) in [5.41, 5.74) is 1.70. The maximum Gasteiger partial charge on any atom is 0.228 e. The predicted molar refractivity (Wildman–Crippen MR) is 112 cm³/mol. The number of likely N-dealkylation sites (tertiary alicyclic amines) is 2. The Kier molecular flexibility index (Phi) is 5.72. The molecule has 3 aliphatic rings. The van der Waals surface area contributed by atoms with Crippen LogP contribution in [-0.4, -0.2) is 59.3 Å². The molecular weight excluding hydrogens is 364 g/mol. The number of amides is 2. The number of likely N-dealkylation sites (N-methyl/N-ethyl adjacent to an activating group) is 1. The highest BCUT2D eigenvalue weighted by atomic mass is 16.2. The van der Waals surface area contributed by atoms with Gasteiger partial charge in [0.2, 0.25) is 11.8 Å². The summed E-state index contributed by atoms with van der Waals surface area (Å²) in [7, 11) is 2.09. The number of carbonyl (C=O) groups excluding carboxylic acids is 2. The molecule has 29 heavy (non-hydrogen) atoms. The van der Waals surface area contributed by atoms with Crippen LogP contribution in [0, 0.1) is 18.3 Å². The van der Waals surface area contributed by atoms with Gasteiger partial charge in [-0.05, 0) is 69.8 Å². The number of piperidine rings is 2.